The van der Waals surface area contributed by atoms with Crippen molar-refractivity contribution in [1.29, 1.82) is 0 Å². The Bertz CT molecular complexity index is 452. The smallest absolute Gasteiger partial charge is 0.0496 e. The molecule has 19 heavy (non-hydrogen) atoms. The van der Waals surface area contributed by atoms with Gasteiger partial charge in [0.05, 0.1) is 0 Å². The summed E-state index contributed by atoms with van der Waals surface area (Å²) in [5.41, 5.74) is 16.4. The fourth-order valence-corrected chi connectivity index (χ4v) is 4.85. The van der Waals surface area contributed by atoms with Gasteiger partial charge in [-0.2, -0.15) is 0 Å². The molecule has 4 heteroatoms. The molecule has 2 N–H and O–H groups in total. The Morgan fingerprint density at radius 1 is 0.895 bits per heavy atom. The van der Waals surface area contributed by atoms with Gasteiger partial charge in [0, 0.05) is 16.0 Å². The number of azide groups is 1. The molecule has 0 unspecified atom stereocenters. The SMILES string of the molecule is C1C23CC12C3.NC12CC(C1)C2.[N-]=[N+]=NC12CC(C1)C2. The maximum atomic E-state index is 8.05. The molecule has 9 aliphatic rings. The third kappa shape index (κ3) is 1.37. The van der Waals surface area contributed by atoms with Crippen molar-refractivity contribution in [3.8, 4) is 0 Å². The lowest BCUT2D eigenvalue weighted by molar-refractivity contribution is -0.0170. The van der Waals surface area contributed by atoms with Crippen molar-refractivity contribution in [2.45, 2.75) is 68.9 Å². The highest BCUT2D eigenvalue weighted by molar-refractivity contribution is 5.46. The van der Waals surface area contributed by atoms with Gasteiger partial charge in [-0.3, -0.25) is 0 Å². The van der Waals surface area contributed by atoms with Crippen molar-refractivity contribution >= 4 is 0 Å². The molecule has 0 atom stereocenters. The van der Waals surface area contributed by atoms with Crippen LogP contribution in [-0.2, 0) is 0 Å². The van der Waals surface area contributed by atoms with Crippen molar-refractivity contribution in [3.63, 3.8) is 0 Å². The van der Waals surface area contributed by atoms with Crippen LogP contribution in [0.15, 0.2) is 5.11 Å². The normalized spacial score (nSPS) is 64.1. The summed E-state index contributed by atoms with van der Waals surface area (Å²) in [4.78, 5) is 2.79. The minimum absolute atomic E-state index is 0.124. The summed E-state index contributed by atoms with van der Waals surface area (Å²) >= 11 is 0. The van der Waals surface area contributed by atoms with E-state index in [0.29, 0.717) is 5.54 Å². The average molecular weight is 258 g/mol. The first-order valence-electron chi connectivity index (χ1n) is 7.85. The number of hydrogen-bond acceptors (Lipinski definition) is 2. The summed E-state index contributed by atoms with van der Waals surface area (Å²) < 4.78 is 0. The van der Waals surface area contributed by atoms with Gasteiger partial charge in [-0.25, -0.2) is 0 Å². The van der Waals surface area contributed by atoms with Crippen LogP contribution in [0.25, 0.3) is 10.4 Å². The van der Waals surface area contributed by atoms with Gasteiger partial charge >= 0.3 is 0 Å². The van der Waals surface area contributed by atoms with Gasteiger partial charge < -0.3 is 5.73 Å². The Kier molecular flexibility index (Phi) is 1.63. The van der Waals surface area contributed by atoms with Gasteiger partial charge in [-0.1, -0.05) is 5.11 Å². The number of rotatable bonds is 1. The quantitative estimate of drug-likeness (QED) is 0.436. The maximum Gasteiger partial charge on any atom is 0.0496 e. The van der Waals surface area contributed by atoms with Crippen LogP contribution in [0.2, 0.25) is 0 Å². The average Bonchev–Trinajstić information content (AvgIpc) is 2.93. The molecule has 9 saturated carbocycles. The van der Waals surface area contributed by atoms with E-state index in [1.165, 1.54) is 19.3 Å². The van der Waals surface area contributed by atoms with Gasteiger partial charge in [-0.05, 0) is 86.0 Å². The lowest BCUT2D eigenvalue weighted by Crippen LogP contribution is -2.64. The summed E-state index contributed by atoms with van der Waals surface area (Å²) in [6, 6.07) is 0. The van der Waals surface area contributed by atoms with Crippen LogP contribution >= 0.6 is 0 Å². The van der Waals surface area contributed by atoms with E-state index in [9.17, 15) is 0 Å². The molecule has 4 nitrogen and oxygen atoms in total. The molecule has 0 aromatic heterocycles. The van der Waals surface area contributed by atoms with Crippen LogP contribution in [0, 0.1) is 22.7 Å². The molecular formula is C15H22N4. The highest BCUT2D eigenvalue weighted by atomic mass is 15.2. The van der Waals surface area contributed by atoms with Crippen LogP contribution < -0.4 is 5.73 Å². The predicted octanol–water partition coefficient (Wildman–Crippen LogP) is 3.52. The first kappa shape index (κ1) is 11.0. The largest absolute Gasteiger partial charge is 0.325 e. The Hall–Kier alpha value is -0.730. The topological polar surface area (TPSA) is 74.8 Å². The van der Waals surface area contributed by atoms with E-state index in [1.807, 2.05) is 0 Å². The van der Waals surface area contributed by atoms with Crippen LogP contribution in [0.4, 0.5) is 0 Å². The number of nitrogens with two attached hydrogens (primary N) is 1. The molecule has 0 aromatic rings. The predicted molar refractivity (Wildman–Crippen MR) is 72.2 cm³/mol. The first-order chi connectivity index (χ1) is 9.00. The van der Waals surface area contributed by atoms with Gasteiger partial charge in [-0.15, -0.1) is 0 Å². The summed E-state index contributed by atoms with van der Waals surface area (Å²) in [6.45, 7) is 0. The second-order valence-corrected chi connectivity index (χ2v) is 8.82. The third-order valence-electron chi connectivity index (χ3n) is 7.13. The minimum atomic E-state index is 0.124. The van der Waals surface area contributed by atoms with E-state index in [-0.39, 0.29) is 5.54 Å². The highest BCUT2D eigenvalue weighted by Gasteiger charge is 2.97. The molecule has 9 fully saturated rings. The molecule has 4 bridgehead atoms. The van der Waals surface area contributed by atoms with Crippen molar-refractivity contribution in [1.82, 2.24) is 0 Å². The zero-order valence-corrected chi connectivity index (χ0v) is 11.4. The van der Waals surface area contributed by atoms with E-state index < -0.39 is 0 Å². The van der Waals surface area contributed by atoms with Crippen LogP contribution in [0.3, 0.4) is 0 Å². The van der Waals surface area contributed by atoms with E-state index in [2.05, 4.69) is 10.0 Å². The molecule has 0 aliphatic heterocycles. The molecule has 0 aromatic carbocycles. The minimum Gasteiger partial charge on any atom is -0.325 e. The molecule has 9 rings (SSSR count). The van der Waals surface area contributed by atoms with Gasteiger partial charge in [0.25, 0.3) is 0 Å². The molecule has 0 spiro atoms. The zero-order chi connectivity index (χ0) is 12.9. The van der Waals surface area contributed by atoms with Crippen LogP contribution in [0.1, 0.15) is 57.8 Å². The van der Waals surface area contributed by atoms with Gasteiger partial charge in [0.1, 0.15) is 0 Å². The van der Waals surface area contributed by atoms with Crippen molar-refractivity contribution < 1.29 is 0 Å². The van der Waals surface area contributed by atoms with Crippen molar-refractivity contribution in [2.75, 3.05) is 0 Å². The number of hydrogen-bond donors (Lipinski definition) is 1. The maximum absolute atomic E-state index is 8.05. The van der Waals surface area contributed by atoms with Crippen molar-refractivity contribution in [2.24, 2.45) is 33.5 Å². The fraction of sp³-hybridized carbons (Fsp3) is 1.00. The highest BCUT2D eigenvalue weighted by Crippen LogP contribution is 3.06. The summed E-state index contributed by atoms with van der Waals surface area (Å²) in [7, 11) is 0. The zero-order valence-electron chi connectivity index (χ0n) is 11.4. The monoisotopic (exact) mass is 258 g/mol. The molecule has 0 heterocycles. The second-order valence-electron chi connectivity index (χ2n) is 8.82. The summed E-state index contributed by atoms with van der Waals surface area (Å²) in [6.07, 6.45) is 12.3. The Labute approximate surface area is 113 Å². The molecule has 0 saturated heterocycles. The Balaban J connectivity index is 0.0000000712. The lowest BCUT2D eigenvalue weighted by Gasteiger charge is -2.59. The molecule has 9 aliphatic carbocycles. The fourth-order valence-electron chi connectivity index (χ4n) is 4.85. The molecule has 0 amide bonds. The first-order valence-corrected chi connectivity index (χ1v) is 7.85. The van der Waals surface area contributed by atoms with E-state index in [0.717, 1.165) is 41.9 Å². The summed E-state index contributed by atoms with van der Waals surface area (Å²) in [5, 5.41) is 3.71. The van der Waals surface area contributed by atoms with E-state index in [4.69, 9.17) is 11.3 Å². The summed E-state index contributed by atoms with van der Waals surface area (Å²) in [5.74, 6) is 1.97. The second kappa shape index (κ2) is 2.82. The van der Waals surface area contributed by atoms with Gasteiger partial charge in [0.2, 0.25) is 0 Å². The molecule has 102 valence electrons. The van der Waals surface area contributed by atoms with Crippen LogP contribution in [0.5, 0.6) is 0 Å². The molecule has 0 radical (unpaired) electrons. The third-order valence-corrected chi connectivity index (χ3v) is 7.13. The van der Waals surface area contributed by atoms with E-state index >= 15 is 0 Å². The van der Waals surface area contributed by atoms with Crippen molar-refractivity contribution in [3.05, 3.63) is 10.4 Å². The van der Waals surface area contributed by atoms with Crippen LogP contribution in [-0.4, -0.2) is 11.1 Å². The lowest BCUT2D eigenvalue weighted by atomic mass is 9.50. The molecular weight excluding hydrogens is 236 g/mol. The Morgan fingerprint density at radius 2 is 1.26 bits per heavy atom. The van der Waals surface area contributed by atoms with Gasteiger partial charge in [0.15, 0.2) is 0 Å². The number of nitrogens with zero attached hydrogens (tertiary/aromatic N) is 3. The standard InChI is InChI=1S/C5H7N3.C5H9N.C5H6/c6-8-7-5-1-4(2-5)3-5;6-5-1-4(2-5)3-5;1-4-2-5(1,4)3-4/h4H,1-3H2;4H,1-3,6H2;1-3H2. The van der Waals surface area contributed by atoms with E-state index in [1.54, 1.807) is 19.3 Å². The Morgan fingerprint density at radius 3 is 1.32 bits per heavy atom.